The second-order valence-corrected chi connectivity index (χ2v) is 9.32. The van der Waals surface area contributed by atoms with E-state index >= 15 is 0 Å². The molecular formula is C21H27N5O4S. The van der Waals surface area contributed by atoms with Gasteiger partial charge in [0.15, 0.2) is 0 Å². The minimum absolute atomic E-state index is 0.0407. The lowest BCUT2D eigenvalue weighted by atomic mass is 9.96. The van der Waals surface area contributed by atoms with Gasteiger partial charge in [0.2, 0.25) is 11.8 Å². The van der Waals surface area contributed by atoms with Gasteiger partial charge in [0.1, 0.15) is 11.4 Å². The molecule has 31 heavy (non-hydrogen) atoms. The summed E-state index contributed by atoms with van der Waals surface area (Å²) in [5, 5.41) is 0.398. The summed E-state index contributed by atoms with van der Waals surface area (Å²) in [6.45, 7) is 4.09. The van der Waals surface area contributed by atoms with Gasteiger partial charge in [-0.05, 0) is 44.6 Å². The Bertz CT molecular complexity index is 1080. The molecule has 3 amide bonds. The molecule has 0 unspecified atom stereocenters. The zero-order valence-corrected chi connectivity index (χ0v) is 18.4. The molecule has 0 aromatic carbocycles. The number of carbonyl (C=O) groups is 3. The van der Waals surface area contributed by atoms with E-state index in [1.807, 2.05) is 0 Å². The molecule has 4 heterocycles. The minimum atomic E-state index is -0.325. The van der Waals surface area contributed by atoms with E-state index in [0.717, 1.165) is 32.4 Å². The molecule has 0 saturated carbocycles. The average Bonchev–Trinajstić information content (AvgIpc) is 3.12. The zero-order chi connectivity index (χ0) is 22.1. The molecule has 2 aromatic rings. The van der Waals surface area contributed by atoms with E-state index in [1.165, 1.54) is 22.2 Å². The summed E-state index contributed by atoms with van der Waals surface area (Å²) in [6, 6.07) is 0. The Labute approximate surface area is 183 Å². The summed E-state index contributed by atoms with van der Waals surface area (Å²) in [5.74, 6) is -0.754. The number of nitrogens with zero attached hydrogens (tertiary/aromatic N) is 4. The molecule has 0 aliphatic carbocycles. The highest BCUT2D eigenvalue weighted by molar-refractivity contribution is 7.20. The van der Waals surface area contributed by atoms with E-state index in [-0.39, 0.29) is 35.7 Å². The van der Waals surface area contributed by atoms with Gasteiger partial charge >= 0.3 is 0 Å². The maximum atomic E-state index is 13.1. The number of hydrogen-bond acceptors (Lipinski definition) is 6. The summed E-state index contributed by atoms with van der Waals surface area (Å²) < 4.78 is 1.34. The van der Waals surface area contributed by atoms with Crippen molar-refractivity contribution >= 4 is 39.3 Å². The molecule has 0 radical (unpaired) electrons. The van der Waals surface area contributed by atoms with Crippen LogP contribution < -0.4 is 11.3 Å². The first kappa shape index (κ1) is 21.5. The quantitative estimate of drug-likeness (QED) is 0.756. The summed E-state index contributed by atoms with van der Waals surface area (Å²) >= 11 is 1.20. The monoisotopic (exact) mass is 445 g/mol. The Kier molecular flexibility index (Phi) is 6.08. The number of hydrogen-bond donors (Lipinski definition) is 1. The number of primary amides is 1. The second kappa shape index (κ2) is 8.78. The molecule has 0 bridgehead atoms. The van der Waals surface area contributed by atoms with Gasteiger partial charge in [0.25, 0.3) is 11.5 Å². The predicted molar refractivity (Wildman–Crippen MR) is 117 cm³/mol. The van der Waals surface area contributed by atoms with Crippen molar-refractivity contribution in [3.63, 3.8) is 0 Å². The van der Waals surface area contributed by atoms with Gasteiger partial charge in [-0.2, -0.15) is 0 Å². The van der Waals surface area contributed by atoms with Crippen molar-refractivity contribution in [1.29, 1.82) is 0 Å². The zero-order valence-electron chi connectivity index (χ0n) is 17.6. The van der Waals surface area contributed by atoms with Crippen LogP contribution in [0.15, 0.2) is 11.1 Å². The number of carbonyl (C=O) groups excluding carboxylic acids is 3. The Morgan fingerprint density at radius 2 is 1.77 bits per heavy atom. The van der Waals surface area contributed by atoms with Crippen LogP contribution in [0, 0.1) is 12.8 Å². The second-order valence-electron chi connectivity index (χ2n) is 8.32. The van der Waals surface area contributed by atoms with Crippen molar-refractivity contribution in [3.8, 4) is 0 Å². The third kappa shape index (κ3) is 4.21. The van der Waals surface area contributed by atoms with Crippen molar-refractivity contribution in [3.05, 3.63) is 27.1 Å². The van der Waals surface area contributed by atoms with Gasteiger partial charge in [-0.3, -0.25) is 23.7 Å². The Hall–Kier alpha value is -2.75. The molecule has 2 saturated heterocycles. The average molecular weight is 446 g/mol. The highest BCUT2D eigenvalue weighted by Crippen LogP contribution is 2.29. The number of likely N-dealkylation sites (tertiary alicyclic amines) is 2. The summed E-state index contributed by atoms with van der Waals surface area (Å²) in [6.07, 6.45) is 5.61. The van der Waals surface area contributed by atoms with E-state index in [1.54, 1.807) is 16.7 Å². The Balaban J connectivity index is 1.55. The lowest BCUT2D eigenvalue weighted by Crippen LogP contribution is -2.41. The van der Waals surface area contributed by atoms with Gasteiger partial charge in [-0.1, -0.05) is 0 Å². The highest BCUT2D eigenvalue weighted by Gasteiger charge is 2.29. The van der Waals surface area contributed by atoms with E-state index < -0.39 is 0 Å². The first-order valence-corrected chi connectivity index (χ1v) is 11.5. The lowest BCUT2D eigenvalue weighted by Gasteiger charge is -2.30. The van der Waals surface area contributed by atoms with Crippen molar-refractivity contribution in [2.75, 3.05) is 26.2 Å². The van der Waals surface area contributed by atoms with Crippen molar-refractivity contribution in [1.82, 2.24) is 19.4 Å². The molecular weight excluding hydrogens is 418 g/mol. The van der Waals surface area contributed by atoms with Crippen LogP contribution in [0.1, 0.15) is 47.3 Å². The summed E-state index contributed by atoms with van der Waals surface area (Å²) in [7, 11) is 0. The fourth-order valence-electron chi connectivity index (χ4n) is 4.38. The van der Waals surface area contributed by atoms with Crippen molar-refractivity contribution in [2.24, 2.45) is 11.7 Å². The largest absolute Gasteiger partial charge is 0.369 e. The van der Waals surface area contributed by atoms with Crippen LogP contribution in [0.5, 0.6) is 0 Å². The number of amides is 3. The molecule has 2 aliphatic rings. The van der Waals surface area contributed by atoms with E-state index in [0.29, 0.717) is 46.6 Å². The lowest BCUT2D eigenvalue weighted by molar-refractivity contribution is -0.132. The fraction of sp³-hybridized carbons (Fsp3) is 0.571. The molecule has 2 fully saturated rings. The molecule has 9 nitrogen and oxygen atoms in total. The third-order valence-electron chi connectivity index (χ3n) is 6.31. The van der Waals surface area contributed by atoms with Gasteiger partial charge in [-0.15, -0.1) is 11.3 Å². The Morgan fingerprint density at radius 1 is 1.10 bits per heavy atom. The standard InChI is InChI=1S/C21H27N5O4S/c1-13-16-19(31-17(13)21(30)25-9-5-14(6-10-25)18(22)28)23-12-26(20(16)29)11-15(27)24-7-3-2-4-8-24/h12,14H,2-11H2,1H3,(H2,22,28). The molecule has 166 valence electrons. The highest BCUT2D eigenvalue weighted by atomic mass is 32.1. The SMILES string of the molecule is Cc1c(C(=O)N2CCC(C(N)=O)CC2)sc2ncn(CC(=O)N3CCCCC3)c(=O)c12. The number of rotatable bonds is 4. The summed E-state index contributed by atoms with van der Waals surface area (Å²) in [5.41, 5.74) is 5.68. The number of aromatic nitrogens is 2. The van der Waals surface area contributed by atoms with Gasteiger partial charge < -0.3 is 15.5 Å². The first-order valence-electron chi connectivity index (χ1n) is 10.7. The normalized spacial score (nSPS) is 17.8. The van der Waals surface area contributed by atoms with Crippen LogP contribution in [-0.2, 0) is 16.1 Å². The number of piperidine rings is 2. The van der Waals surface area contributed by atoms with Crippen molar-refractivity contribution in [2.45, 2.75) is 45.6 Å². The fourth-order valence-corrected chi connectivity index (χ4v) is 5.48. The van der Waals surface area contributed by atoms with Gasteiger partial charge in [0, 0.05) is 32.1 Å². The van der Waals surface area contributed by atoms with Crippen LogP contribution in [0.4, 0.5) is 0 Å². The minimum Gasteiger partial charge on any atom is -0.369 e. The number of nitrogens with two attached hydrogens (primary N) is 1. The van der Waals surface area contributed by atoms with E-state index in [2.05, 4.69) is 4.98 Å². The van der Waals surface area contributed by atoms with E-state index in [4.69, 9.17) is 5.73 Å². The topological polar surface area (TPSA) is 119 Å². The molecule has 2 N–H and O–H groups in total. The molecule has 0 atom stereocenters. The molecule has 4 rings (SSSR count). The Morgan fingerprint density at radius 3 is 2.42 bits per heavy atom. The molecule has 0 spiro atoms. The van der Waals surface area contributed by atoms with Gasteiger partial charge in [-0.25, -0.2) is 4.98 Å². The van der Waals surface area contributed by atoms with Crippen LogP contribution in [-0.4, -0.2) is 63.3 Å². The third-order valence-corrected chi connectivity index (χ3v) is 7.50. The smallest absolute Gasteiger partial charge is 0.264 e. The molecule has 2 aromatic heterocycles. The summed E-state index contributed by atoms with van der Waals surface area (Å²) in [4.78, 5) is 58.9. The van der Waals surface area contributed by atoms with E-state index in [9.17, 15) is 19.2 Å². The molecule has 2 aliphatic heterocycles. The molecule has 10 heteroatoms. The predicted octanol–water partition coefficient (Wildman–Crippen LogP) is 1.12. The number of thiophene rings is 1. The number of fused-ring (bicyclic) bond motifs is 1. The van der Waals surface area contributed by atoms with Crippen LogP contribution in [0.3, 0.4) is 0 Å². The first-order chi connectivity index (χ1) is 14.9. The van der Waals surface area contributed by atoms with Crippen LogP contribution in [0.2, 0.25) is 0 Å². The maximum absolute atomic E-state index is 13.1. The van der Waals surface area contributed by atoms with Crippen LogP contribution >= 0.6 is 11.3 Å². The number of aryl methyl sites for hydroxylation is 1. The van der Waals surface area contributed by atoms with Crippen LogP contribution in [0.25, 0.3) is 10.2 Å². The van der Waals surface area contributed by atoms with Crippen molar-refractivity contribution < 1.29 is 14.4 Å². The maximum Gasteiger partial charge on any atom is 0.264 e. The van der Waals surface area contributed by atoms with Gasteiger partial charge in [0.05, 0.1) is 16.6 Å².